The van der Waals surface area contributed by atoms with Gasteiger partial charge in [-0.2, -0.15) is 0 Å². The van der Waals surface area contributed by atoms with Gasteiger partial charge in [0, 0.05) is 19.5 Å². The Hall–Kier alpha value is -0.610. The highest BCUT2D eigenvalue weighted by molar-refractivity contribution is 5.76. The van der Waals surface area contributed by atoms with Crippen molar-refractivity contribution < 1.29 is 14.3 Å². The SMILES string of the molecule is CCC(=O)N1CC2(COC(C)(C)OC2)C1. The highest BCUT2D eigenvalue weighted by Crippen LogP contribution is 2.37. The second kappa shape index (κ2) is 3.46. The molecule has 0 saturated carbocycles. The Morgan fingerprint density at radius 2 is 1.80 bits per heavy atom. The lowest BCUT2D eigenvalue weighted by Gasteiger charge is -2.54. The standard InChI is InChI=1S/C11H19NO3/c1-4-9(13)12-5-11(6-12)7-14-10(2,3)15-8-11/h4-8H2,1-3H3. The van der Waals surface area contributed by atoms with Crippen molar-refractivity contribution in [3.63, 3.8) is 0 Å². The third kappa shape index (κ3) is 2.01. The van der Waals surface area contributed by atoms with E-state index in [9.17, 15) is 4.79 Å². The smallest absolute Gasteiger partial charge is 0.222 e. The van der Waals surface area contributed by atoms with E-state index >= 15 is 0 Å². The van der Waals surface area contributed by atoms with Crippen molar-refractivity contribution in [1.29, 1.82) is 0 Å². The zero-order valence-electron chi connectivity index (χ0n) is 9.71. The lowest BCUT2D eigenvalue weighted by molar-refractivity contribution is -0.302. The fraction of sp³-hybridized carbons (Fsp3) is 0.909. The fourth-order valence-electron chi connectivity index (χ4n) is 2.08. The maximum atomic E-state index is 11.4. The van der Waals surface area contributed by atoms with Crippen molar-refractivity contribution in [2.45, 2.75) is 33.0 Å². The molecule has 4 nitrogen and oxygen atoms in total. The molecule has 0 N–H and O–H groups in total. The van der Waals surface area contributed by atoms with Crippen LogP contribution in [0.1, 0.15) is 27.2 Å². The molecule has 1 amide bonds. The average Bonchev–Trinajstić information content (AvgIpc) is 2.14. The quantitative estimate of drug-likeness (QED) is 0.652. The summed E-state index contributed by atoms with van der Waals surface area (Å²) in [4.78, 5) is 13.3. The molecule has 4 heteroatoms. The number of likely N-dealkylation sites (tertiary alicyclic amines) is 1. The van der Waals surface area contributed by atoms with E-state index in [1.54, 1.807) is 0 Å². The van der Waals surface area contributed by atoms with Crippen LogP contribution in [-0.2, 0) is 14.3 Å². The van der Waals surface area contributed by atoms with Crippen molar-refractivity contribution in [3.05, 3.63) is 0 Å². The molecule has 0 unspecified atom stereocenters. The van der Waals surface area contributed by atoms with Gasteiger partial charge in [0.25, 0.3) is 0 Å². The van der Waals surface area contributed by atoms with Crippen LogP contribution in [0, 0.1) is 5.41 Å². The molecule has 0 aliphatic carbocycles. The molecule has 2 heterocycles. The maximum absolute atomic E-state index is 11.4. The van der Waals surface area contributed by atoms with Crippen LogP contribution in [0.15, 0.2) is 0 Å². The highest BCUT2D eigenvalue weighted by atomic mass is 16.7. The van der Waals surface area contributed by atoms with Crippen molar-refractivity contribution in [2.24, 2.45) is 5.41 Å². The van der Waals surface area contributed by atoms with Gasteiger partial charge in [0.2, 0.25) is 5.91 Å². The Morgan fingerprint density at radius 3 is 2.27 bits per heavy atom. The first-order valence-corrected chi connectivity index (χ1v) is 5.52. The van der Waals surface area contributed by atoms with E-state index in [-0.39, 0.29) is 11.3 Å². The van der Waals surface area contributed by atoms with Crippen molar-refractivity contribution >= 4 is 5.91 Å². The molecule has 2 aliphatic heterocycles. The monoisotopic (exact) mass is 213 g/mol. The van der Waals surface area contributed by atoms with Gasteiger partial charge in [-0.3, -0.25) is 4.79 Å². The number of ether oxygens (including phenoxy) is 2. The summed E-state index contributed by atoms with van der Waals surface area (Å²) in [6.45, 7) is 8.72. The second-order valence-electron chi connectivity index (χ2n) is 5.08. The first-order chi connectivity index (χ1) is 6.96. The number of rotatable bonds is 1. The molecule has 2 aliphatic rings. The van der Waals surface area contributed by atoms with Gasteiger partial charge in [0.05, 0.1) is 18.6 Å². The summed E-state index contributed by atoms with van der Waals surface area (Å²) in [5, 5.41) is 0. The van der Waals surface area contributed by atoms with E-state index in [1.165, 1.54) is 0 Å². The Morgan fingerprint density at radius 1 is 1.27 bits per heavy atom. The van der Waals surface area contributed by atoms with Crippen LogP contribution in [0.25, 0.3) is 0 Å². The summed E-state index contributed by atoms with van der Waals surface area (Å²) in [5.41, 5.74) is 0.0698. The molecule has 0 aromatic carbocycles. The van der Waals surface area contributed by atoms with Gasteiger partial charge in [-0.05, 0) is 13.8 Å². The van der Waals surface area contributed by atoms with Gasteiger partial charge in [-0.15, -0.1) is 0 Å². The minimum atomic E-state index is -0.458. The summed E-state index contributed by atoms with van der Waals surface area (Å²) < 4.78 is 11.2. The van der Waals surface area contributed by atoms with Crippen LogP contribution >= 0.6 is 0 Å². The van der Waals surface area contributed by atoms with E-state index in [0.29, 0.717) is 19.6 Å². The predicted molar refractivity (Wildman–Crippen MR) is 55.3 cm³/mol. The van der Waals surface area contributed by atoms with Gasteiger partial charge in [0.1, 0.15) is 0 Å². The number of amides is 1. The van der Waals surface area contributed by atoms with Gasteiger partial charge in [-0.25, -0.2) is 0 Å². The third-order valence-electron chi connectivity index (χ3n) is 3.16. The molecule has 86 valence electrons. The fourth-order valence-corrected chi connectivity index (χ4v) is 2.08. The zero-order chi connectivity index (χ0) is 11.1. The van der Waals surface area contributed by atoms with Crippen LogP contribution in [0.3, 0.4) is 0 Å². The minimum absolute atomic E-state index is 0.0698. The van der Waals surface area contributed by atoms with Crippen molar-refractivity contribution in [3.8, 4) is 0 Å². The third-order valence-corrected chi connectivity index (χ3v) is 3.16. The summed E-state index contributed by atoms with van der Waals surface area (Å²) in [5.74, 6) is -0.231. The Labute approximate surface area is 90.5 Å². The molecule has 1 spiro atoms. The lowest BCUT2D eigenvalue weighted by atomic mass is 9.80. The average molecular weight is 213 g/mol. The molecule has 0 bridgehead atoms. The van der Waals surface area contributed by atoms with Gasteiger partial charge in [-0.1, -0.05) is 6.92 Å². The Bertz CT molecular complexity index is 257. The summed E-state index contributed by atoms with van der Waals surface area (Å²) in [6.07, 6.45) is 0.587. The highest BCUT2D eigenvalue weighted by Gasteiger charge is 2.49. The Balaban J connectivity index is 1.86. The van der Waals surface area contributed by atoms with Crippen LogP contribution in [0.4, 0.5) is 0 Å². The molecule has 15 heavy (non-hydrogen) atoms. The molecule has 2 rings (SSSR count). The first kappa shape index (κ1) is 10.9. The normalized spacial score (nSPS) is 27.5. The van der Waals surface area contributed by atoms with E-state index in [4.69, 9.17) is 9.47 Å². The van der Waals surface area contributed by atoms with E-state index < -0.39 is 5.79 Å². The van der Waals surface area contributed by atoms with Crippen molar-refractivity contribution in [1.82, 2.24) is 4.90 Å². The number of carbonyl (C=O) groups excluding carboxylic acids is 1. The molecule has 2 fully saturated rings. The van der Waals surface area contributed by atoms with Crippen LogP contribution in [0.2, 0.25) is 0 Å². The topological polar surface area (TPSA) is 38.8 Å². The Kier molecular flexibility index (Phi) is 2.51. The van der Waals surface area contributed by atoms with Gasteiger partial charge >= 0.3 is 0 Å². The van der Waals surface area contributed by atoms with Crippen LogP contribution in [-0.4, -0.2) is 42.9 Å². The second-order valence-corrected chi connectivity index (χ2v) is 5.08. The van der Waals surface area contributed by atoms with Crippen LogP contribution < -0.4 is 0 Å². The number of hydrogen-bond donors (Lipinski definition) is 0. The lowest BCUT2D eigenvalue weighted by Crippen LogP contribution is -2.65. The molecule has 0 radical (unpaired) electrons. The van der Waals surface area contributed by atoms with E-state index in [2.05, 4.69) is 0 Å². The largest absolute Gasteiger partial charge is 0.350 e. The number of carbonyl (C=O) groups is 1. The molecule has 2 saturated heterocycles. The van der Waals surface area contributed by atoms with Gasteiger partial charge < -0.3 is 14.4 Å². The minimum Gasteiger partial charge on any atom is -0.350 e. The molecule has 0 atom stereocenters. The summed E-state index contributed by atoms with van der Waals surface area (Å²) in [7, 11) is 0. The van der Waals surface area contributed by atoms with E-state index in [1.807, 2.05) is 25.7 Å². The molecule has 0 aromatic rings. The van der Waals surface area contributed by atoms with Gasteiger partial charge in [0.15, 0.2) is 5.79 Å². The zero-order valence-corrected chi connectivity index (χ0v) is 9.71. The van der Waals surface area contributed by atoms with Crippen molar-refractivity contribution in [2.75, 3.05) is 26.3 Å². The van der Waals surface area contributed by atoms with E-state index in [0.717, 1.165) is 13.1 Å². The number of nitrogens with zero attached hydrogens (tertiary/aromatic N) is 1. The first-order valence-electron chi connectivity index (χ1n) is 5.52. The molecule has 0 aromatic heterocycles. The predicted octanol–water partition coefficient (Wildman–Crippen LogP) is 1.01. The molecular formula is C11H19NO3. The summed E-state index contributed by atoms with van der Waals surface area (Å²) in [6, 6.07) is 0. The summed E-state index contributed by atoms with van der Waals surface area (Å²) >= 11 is 0. The number of hydrogen-bond acceptors (Lipinski definition) is 3. The van der Waals surface area contributed by atoms with Crippen LogP contribution in [0.5, 0.6) is 0 Å². The maximum Gasteiger partial charge on any atom is 0.222 e. The molecular weight excluding hydrogens is 194 g/mol.